The first-order valence-electron chi connectivity index (χ1n) is 10.5. The van der Waals surface area contributed by atoms with Gasteiger partial charge in [0.2, 0.25) is 0 Å². The number of alkyl halides is 3. The van der Waals surface area contributed by atoms with E-state index in [4.69, 9.17) is 9.84 Å². The summed E-state index contributed by atoms with van der Waals surface area (Å²) in [7, 11) is 0. The molecule has 0 aromatic heterocycles. The summed E-state index contributed by atoms with van der Waals surface area (Å²) in [5, 5.41) is 8.97. The van der Waals surface area contributed by atoms with E-state index < -0.39 is 18.6 Å². The Bertz CT molecular complexity index is 904. The van der Waals surface area contributed by atoms with Gasteiger partial charge in [0.05, 0.1) is 25.1 Å². The van der Waals surface area contributed by atoms with Crippen LogP contribution in [0.25, 0.3) is 0 Å². The second-order valence-electron chi connectivity index (χ2n) is 7.57. The zero-order valence-electron chi connectivity index (χ0n) is 17.9. The lowest BCUT2D eigenvalue weighted by molar-refractivity contribution is -0.136. The van der Waals surface area contributed by atoms with E-state index in [9.17, 15) is 18.0 Å². The lowest BCUT2D eigenvalue weighted by Gasteiger charge is -2.18. The maximum atomic E-state index is 12.4. The standard InChI is InChI=1S/C24H28F3NO3S/c1-2-17(8-6-12-24(25,26)27)15-28-23-19(9-3-4-11-21(23)32)16-31-20-10-5-7-18(13-20)14-22(29)30/h2,5-8,10,13,15,19,32H,3-4,9,11-12,14,16H2,1H3,(H,29,30)/b8-6-,17-2+,28-15?. The largest absolute Gasteiger partial charge is 0.493 e. The van der Waals surface area contributed by atoms with Crippen molar-refractivity contribution in [3.8, 4) is 5.75 Å². The third-order valence-corrected chi connectivity index (χ3v) is 5.40. The lowest BCUT2D eigenvalue weighted by atomic mass is 10.0. The average molecular weight is 468 g/mol. The molecular weight excluding hydrogens is 439 g/mol. The van der Waals surface area contributed by atoms with Crippen LogP contribution in [0.5, 0.6) is 5.75 Å². The molecule has 4 nitrogen and oxygen atoms in total. The van der Waals surface area contributed by atoms with Crippen molar-refractivity contribution in [1.82, 2.24) is 0 Å². The number of allylic oxidation sites excluding steroid dienone is 5. The first-order valence-corrected chi connectivity index (χ1v) is 10.9. The molecule has 0 saturated heterocycles. The van der Waals surface area contributed by atoms with E-state index in [1.165, 1.54) is 6.08 Å². The predicted molar refractivity (Wildman–Crippen MR) is 123 cm³/mol. The molecule has 2 rings (SSSR count). The van der Waals surface area contributed by atoms with E-state index in [1.807, 2.05) is 0 Å². The molecule has 1 aliphatic carbocycles. The number of carboxylic acid groups (broad SMARTS) is 1. The van der Waals surface area contributed by atoms with Gasteiger partial charge in [-0.3, -0.25) is 9.79 Å². The molecule has 32 heavy (non-hydrogen) atoms. The Kier molecular flexibility index (Phi) is 10.1. The van der Waals surface area contributed by atoms with Gasteiger partial charge in [0.1, 0.15) is 5.75 Å². The summed E-state index contributed by atoms with van der Waals surface area (Å²) in [6.45, 7) is 2.09. The topological polar surface area (TPSA) is 58.9 Å². The molecule has 1 aliphatic rings. The smallest absolute Gasteiger partial charge is 0.392 e. The summed E-state index contributed by atoms with van der Waals surface area (Å²) in [6.07, 6.45) is 4.04. The molecule has 0 saturated carbocycles. The van der Waals surface area contributed by atoms with Gasteiger partial charge in [0, 0.05) is 17.0 Å². The molecule has 1 aromatic rings. The number of rotatable bonds is 9. The highest BCUT2D eigenvalue weighted by Gasteiger charge is 2.24. The molecule has 1 atom stereocenters. The van der Waals surface area contributed by atoms with E-state index in [0.717, 1.165) is 42.4 Å². The molecule has 8 heteroatoms. The molecule has 0 spiro atoms. The Hall–Kier alpha value is -2.48. The Balaban J connectivity index is 2.11. The quantitative estimate of drug-likeness (QED) is 0.246. The third-order valence-electron chi connectivity index (χ3n) is 4.95. The van der Waals surface area contributed by atoms with Gasteiger partial charge in [-0.15, -0.1) is 12.6 Å². The Morgan fingerprint density at radius 3 is 2.81 bits per heavy atom. The fourth-order valence-electron chi connectivity index (χ4n) is 3.33. The van der Waals surface area contributed by atoms with Crippen LogP contribution < -0.4 is 4.74 Å². The molecule has 0 radical (unpaired) electrons. The number of aliphatic imine (C=N–C) groups is 1. The first-order chi connectivity index (χ1) is 15.2. The van der Waals surface area contributed by atoms with Crippen LogP contribution >= 0.6 is 12.6 Å². The van der Waals surface area contributed by atoms with E-state index >= 15 is 0 Å². The molecule has 0 amide bonds. The van der Waals surface area contributed by atoms with Crippen molar-refractivity contribution < 1.29 is 27.8 Å². The van der Waals surface area contributed by atoms with Gasteiger partial charge in [-0.05, 0) is 49.5 Å². The monoisotopic (exact) mass is 467 g/mol. The van der Waals surface area contributed by atoms with Crippen LogP contribution in [-0.4, -0.2) is 30.1 Å². The van der Waals surface area contributed by atoms with E-state index in [-0.39, 0.29) is 12.3 Å². The van der Waals surface area contributed by atoms with Gasteiger partial charge in [0.15, 0.2) is 0 Å². The average Bonchev–Trinajstić information content (AvgIpc) is 2.89. The van der Waals surface area contributed by atoms with Crippen molar-refractivity contribution in [2.75, 3.05) is 6.61 Å². The highest BCUT2D eigenvalue weighted by atomic mass is 32.1. The van der Waals surface area contributed by atoms with E-state index in [2.05, 4.69) is 17.6 Å². The minimum Gasteiger partial charge on any atom is -0.493 e. The number of hydrogen-bond acceptors (Lipinski definition) is 4. The number of carboxylic acids is 1. The maximum Gasteiger partial charge on any atom is 0.392 e. The summed E-state index contributed by atoms with van der Waals surface area (Å²) in [5.74, 6) is -0.350. The van der Waals surface area contributed by atoms with Crippen LogP contribution in [0.3, 0.4) is 0 Å². The van der Waals surface area contributed by atoms with Crippen molar-refractivity contribution in [2.24, 2.45) is 10.9 Å². The third kappa shape index (κ3) is 9.34. The maximum absolute atomic E-state index is 12.4. The normalized spacial score (nSPS) is 18.4. The summed E-state index contributed by atoms with van der Waals surface area (Å²) < 4.78 is 43.1. The number of carbonyl (C=O) groups is 1. The van der Waals surface area contributed by atoms with Gasteiger partial charge >= 0.3 is 12.1 Å². The minimum atomic E-state index is -4.24. The number of halogens is 3. The number of ether oxygens (including phenoxy) is 1. The minimum absolute atomic E-state index is 0.0263. The van der Waals surface area contributed by atoms with Gasteiger partial charge in [-0.25, -0.2) is 0 Å². The molecule has 0 fully saturated rings. The number of nitrogens with zero attached hydrogens (tertiary/aromatic N) is 1. The molecule has 1 N–H and O–H groups in total. The van der Waals surface area contributed by atoms with Crippen LogP contribution in [0.2, 0.25) is 0 Å². The number of aliphatic carboxylic acids is 1. The summed E-state index contributed by atoms with van der Waals surface area (Å²) in [4.78, 5) is 16.4. The predicted octanol–water partition coefficient (Wildman–Crippen LogP) is 6.55. The zero-order chi connectivity index (χ0) is 23.6. The summed E-state index contributed by atoms with van der Waals surface area (Å²) in [6, 6.07) is 6.98. The summed E-state index contributed by atoms with van der Waals surface area (Å²) >= 11 is 4.62. The molecule has 1 unspecified atom stereocenters. The Morgan fingerprint density at radius 2 is 2.12 bits per heavy atom. The van der Waals surface area contributed by atoms with Gasteiger partial charge in [-0.1, -0.05) is 36.8 Å². The van der Waals surface area contributed by atoms with Crippen molar-refractivity contribution in [3.63, 3.8) is 0 Å². The van der Waals surface area contributed by atoms with Gasteiger partial charge < -0.3 is 9.84 Å². The van der Waals surface area contributed by atoms with Gasteiger partial charge in [0.25, 0.3) is 0 Å². The lowest BCUT2D eigenvalue weighted by Crippen LogP contribution is -2.14. The zero-order valence-corrected chi connectivity index (χ0v) is 18.8. The first kappa shape index (κ1) is 25.8. The van der Waals surface area contributed by atoms with Crippen LogP contribution in [-0.2, 0) is 11.2 Å². The summed E-state index contributed by atoms with van der Waals surface area (Å²) in [5.41, 5.74) is 2.01. The fourth-order valence-corrected chi connectivity index (χ4v) is 3.73. The number of thiol groups is 1. The second-order valence-corrected chi connectivity index (χ2v) is 8.11. The number of hydrogen-bond donors (Lipinski definition) is 2. The van der Waals surface area contributed by atoms with Crippen LogP contribution in [0.1, 0.15) is 44.6 Å². The molecule has 0 heterocycles. The second kappa shape index (κ2) is 12.5. The number of benzene rings is 1. The van der Waals surface area contributed by atoms with Gasteiger partial charge in [-0.2, -0.15) is 13.2 Å². The van der Waals surface area contributed by atoms with E-state index in [1.54, 1.807) is 43.5 Å². The molecule has 0 aliphatic heterocycles. The van der Waals surface area contributed by atoms with E-state index in [0.29, 0.717) is 23.5 Å². The van der Waals surface area contributed by atoms with Crippen LogP contribution in [0, 0.1) is 5.92 Å². The molecule has 174 valence electrons. The van der Waals surface area contributed by atoms with Crippen molar-refractivity contribution in [3.05, 3.63) is 64.2 Å². The highest BCUT2D eigenvalue weighted by molar-refractivity contribution is 7.84. The van der Waals surface area contributed by atoms with Crippen molar-refractivity contribution in [1.29, 1.82) is 0 Å². The molecular formula is C24H28F3NO3S. The fraction of sp³-hybridized carbons (Fsp3) is 0.417. The van der Waals surface area contributed by atoms with Crippen molar-refractivity contribution in [2.45, 2.75) is 51.6 Å². The Labute approximate surface area is 192 Å². The Morgan fingerprint density at radius 1 is 1.34 bits per heavy atom. The van der Waals surface area contributed by atoms with Crippen molar-refractivity contribution >= 4 is 24.8 Å². The molecule has 1 aromatic carbocycles. The molecule has 0 bridgehead atoms. The highest BCUT2D eigenvalue weighted by Crippen LogP contribution is 2.32. The SMILES string of the molecule is C/C=C(C=NC1=C(S)CCCCC1COc1cccc(CC(=O)O)c1)\C=C/CC(F)(F)F. The van der Waals surface area contributed by atoms with Crippen LogP contribution in [0.4, 0.5) is 13.2 Å². The van der Waals surface area contributed by atoms with Crippen LogP contribution in [0.15, 0.2) is 63.7 Å².